The number of nitrogens with one attached hydrogen (secondary N) is 1. The van der Waals surface area contributed by atoms with Crippen LogP contribution in [0.25, 0.3) is 11.0 Å². The smallest absolute Gasteiger partial charge is 0.317 e. The maximum atomic E-state index is 12.8. The minimum atomic E-state index is -3.52. The Hall–Kier alpha value is -1.64. The molecule has 0 aliphatic carbocycles. The van der Waals surface area contributed by atoms with Crippen LogP contribution in [-0.4, -0.2) is 48.0 Å². The van der Waals surface area contributed by atoms with Crippen molar-refractivity contribution < 1.29 is 8.42 Å². The summed E-state index contributed by atoms with van der Waals surface area (Å²) in [6, 6.07) is 5.25. The van der Waals surface area contributed by atoms with Crippen molar-refractivity contribution in [3.05, 3.63) is 28.7 Å². The van der Waals surface area contributed by atoms with Crippen LogP contribution in [0.15, 0.2) is 27.9 Å². The molecule has 1 aliphatic rings. The molecule has 0 saturated carbocycles. The molecule has 1 aromatic heterocycles. The number of piperidine rings is 1. The van der Waals surface area contributed by atoms with E-state index in [0.29, 0.717) is 24.6 Å². The van der Waals surface area contributed by atoms with Gasteiger partial charge in [-0.3, -0.25) is 9.13 Å². The normalized spacial score (nSPS) is 17.9. The summed E-state index contributed by atoms with van der Waals surface area (Å²) < 4.78 is 30.2. The van der Waals surface area contributed by atoms with E-state index in [1.54, 1.807) is 32.3 Å². The lowest BCUT2D eigenvalue weighted by molar-refractivity contribution is 0.298. The Labute approximate surface area is 135 Å². The molecule has 1 saturated heterocycles. The van der Waals surface area contributed by atoms with Gasteiger partial charge in [-0.05, 0) is 38.1 Å². The summed E-state index contributed by atoms with van der Waals surface area (Å²) >= 11 is 0. The van der Waals surface area contributed by atoms with Crippen molar-refractivity contribution >= 4 is 21.1 Å². The van der Waals surface area contributed by atoms with Crippen molar-refractivity contribution in [2.75, 3.05) is 20.1 Å². The highest BCUT2D eigenvalue weighted by molar-refractivity contribution is 7.89. The summed E-state index contributed by atoms with van der Waals surface area (Å²) in [4.78, 5) is 12.2. The molecule has 0 unspecified atom stereocenters. The zero-order valence-corrected chi connectivity index (χ0v) is 14.4. The van der Waals surface area contributed by atoms with E-state index in [1.165, 1.54) is 13.4 Å². The first-order chi connectivity index (χ1) is 10.9. The number of rotatable bonds is 3. The number of hydrogen-bond acceptors (Lipinski definition) is 4. The molecule has 23 heavy (non-hydrogen) atoms. The summed E-state index contributed by atoms with van der Waals surface area (Å²) in [7, 11) is 1.71. The molecule has 1 aliphatic heterocycles. The minimum absolute atomic E-state index is 0.163. The molecule has 0 bridgehead atoms. The predicted molar refractivity (Wildman–Crippen MR) is 89.0 cm³/mol. The van der Waals surface area contributed by atoms with Crippen LogP contribution >= 0.6 is 0 Å². The van der Waals surface area contributed by atoms with Crippen LogP contribution in [0.3, 0.4) is 0 Å². The molecular weight excluding hydrogens is 316 g/mol. The van der Waals surface area contributed by atoms with Gasteiger partial charge in [-0.25, -0.2) is 13.2 Å². The Morgan fingerprint density at radius 3 is 2.30 bits per heavy atom. The van der Waals surface area contributed by atoms with Crippen LogP contribution in [0, 0.1) is 0 Å². The number of benzene rings is 1. The van der Waals surface area contributed by atoms with Crippen molar-refractivity contribution in [2.45, 2.75) is 23.8 Å². The largest absolute Gasteiger partial charge is 0.328 e. The standard InChI is InChI=1S/C15H22N4O3S/c1-16-11-6-8-19(9-7-11)23(21,22)12-4-5-13-14(10-12)18(3)15(20)17(13)2/h4-5,10-11,16H,6-9H2,1-3H3. The predicted octanol–water partition coefficient (Wildman–Crippen LogP) is 0.249. The molecule has 7 nitrogen and oxygen atoms in total. The van der Waals surface area contributed by atoms with E-state index >= 15 is 0 Å². The zero-order chi connectivity index (χ0) is 16.8. The van der Waals surface area contributed by atoms with Crippen molar-refractivity contribution in [3.8, 4) is 0 Å². The van der Waals surface area contributed by atoms with Gasteiger partial charge in [0, 0.05) is 33.2 Å². The molecule has 2 heterocycles. The lowest BCUT2D eigenvalue weighted by atomic mass is 10.1. The zero-order valence-electron chi connectivity index (χ0n) is 13.6. The highest BCUT2D eigenvalue weighted by atomic mass is 32.2. The maximum absolute atomic E-state index is 12.8. The van der Waals surface area contributed by atoms with Crippen LogP contribution in [0.5, 0.6) is 0 Å². The summed E-state index contributed by atoms with van der Waals surface area (Å²) in [5.74, 6) is 0. The van der Waals surface area contributed by atoms with Crippen molar-refractivity contribution in [2.24, 2.45) is 14.1 Å². The van der Waals surface area contributed by atoms with E-state index in [-0.39, 0.29) is 10.6 Å². The first-order valence-electron chi connectivity index (χ1n) is 7.69. The van der Waals surface area contributed by atoms with Crippen molar-refractivity contribution in [3.63, 3.8) is 0 Å². The quantitative estimate of drug-likeness (QED) is 0.870. The van der Waals surface area contributed by atoms with E-state index in [9.17, 15) is 13.2 Å². The third-order valence-corrected chi connectivity index (χ3v) is 6.64. The Morgan fingerprint density at radius 1 is 1.09 bits per heavy atom. The van der Waals surface area contributed by atoms with Crippen LogP contribution < -0.4 is 11.0 Å². The molecule has 0 radical (unpaired) electrons. The molecule has 0 spiro atoms. The number of aryl methyl sites for hydroxylation is 2. The number of nitrogens with zero attached hydrogens (tertiary/aromatic N) is 3. The van der Waals surface area contributed by atoms with Crippen LogP contribution in [0.1, 0.15) is 12.8 Å². The number of fused-ring (bicyclic) bond motifs is 1. The monoisotopic (exact) mass is 338 g/mol. The number of sulfonamides is 1. The first kappa shape index (κ1) is 16.2. The molecule has 0 amide bonds. The average molecular weight is 338 g/mol. The van der Waals surface area contributed by atoms with E-state index in [0.717, 1.165) is 18.4 Å². The SMILES string of the molecule is CNC1CCN(S(=O)(=O)c2ccc3c(c2)n(C)c(=O)n3C)CC1. The molecule has 126 valence electrons. The van der Waals surface area contributed by atoms with Crippen molar-refractivity contribution in [1.82, 2.24) is 18.8 Å². The van der Waals surface area contributed by atoms with Gasteiger partial charge in [-0.1, -0.05) is 0 Å². The Balaban J connectivity index is 1.99. The highest BCUT2D eigenvalue weighted by Crippen LogP contribution is 2.23. The summed E-state index contributed by atoms with van der Waals surface area (Å²) in [5.41, 5.74) is 1.19. The maximum Gasteiger partial charge on any atom is 0.328 e. The van der Waals surface area contributed by atoms with Gasteiger partial charge >= 0.3 is 5.69 Å². The third-order valence-electron chi connectivity index (χ3n) is 4.74. The second-order valence-electron chi connectivity index (χ2n) is 6.02. The van der Waals surface area contributed by atoms with E-state index in [1.807, 2.05) is 7.05 Å². The van der Waals surface area contributed by atoms with Gasteiger partial charge in [0.1, 0.15) is 0 Å². The lowest BCUT2D eigenvalue weighted by Crippen LogP contribution is -2.43. The van der Waals surface area contributed by atoms with Crippen LogP contribution in [0.2, 0.25) is 0 Å². The molecule has 1 N–H and O–H groups in total. The second-order valence-corrected chi connectivity index (χ2v) is 7.96. The molecular formula is C15H22N4O3S. The fourth-order valence-corrected chi connectivity index (χ4v) is 4.67. The summed E-state index contributed by atoms with van der Waals surface area (Å²) in [6.07, 6.45) is 1.61. The topological polar surface area (TPSA) is 76.3 Å². The van der Waals surface area contributed by atoms with Gasteiger partial charge < -0.3 is 5.32 Å². The molecule has 1 aromatic carbocycles. The Morgan fingerprint density at radius 2 is 1.70 bits per heavy atom. The van der Waals surface area contributed by atoms with Gasteiger partial charge in [-0.2, -0.15) is 4.31 Å². The first-order valence-corrected chi connectivity index (χ1v) is 9.13. The average Bonchev–Trinajstić information content (AvgIpc) is 2.79. The van der Waals surface area contributed by atoms with E-state index in [2.05, 4.69) is 5.32 Å². The number of hydrogen-bond donors (Lipinski definition) is 1. The second kappa shape index (κ2) is 5.77. The van der Waals surface area contributed by atoms with Crippen LogP contribution in [0.4, 0.5) is 0 Å². The van der Waals surface area contributed by atoms with Gasteiger partial charge in [-0.15, -0.1) is 0 Å². The van der Waals surface area contributed by atoms with Gasteiger partial charge in [0.05, 0.1) is 15.9 Å². The van der Waals surface area contributed by atoms with Gasteiger partial charge in [0.2, 0.25) is 10.0 Å². The van der Waals surface area contributed by atoms with Gasteiger partial charge in [0.25, 0.3) is 0 Å². The summed E-state index contributed by atoms with van der Waals surface area (Å²) in [5, 5.41) is 3.19. The molecule has 2 aromatic rings. The highest BCUT2D eigenvalue weighted by Gasteiger charge is 2.29. The summed E-state index contributed by atoms with van der Waals surface area (Å²) in [6.45, 7) is 1.03. The minimum Gasteiger partial charge on any atom is -0.317 e. The Kier molecular flexibility index (Phi) is 4.07. The van der Waals surface area contributed by atoms with E-state index in [4.69, 9.17) is 0 Å². The molecule has 0 atom stereocenters. The van der Waals surface area contributed by atoms with Crippen molar-refractivity contribution in [1.29, 1.82) is 0 Å². The molecule has 1 fully saturated rings. The molecule has 8 heteroatoms. The molecule has 3 rings (SSSR count). The van der Waals surface area contributed by atoms with Crippen LogP contribution in [-0.2, 0) is 24.1 Å². The fraction of sp³-hybridized carbons (Fsp3) is 0.533. The third kappa shape index (κ3) is 2.60. The van der Waals surface area contributed by atoms with Gasteiger partial charge in [0.15, 0.2) is 0 Å². The Bertz CT molecular complexity index is 889. The van der Waals surface area contributed by atoms with E-state index < -0.39 is 10.0 Å². The number of imidazole rings is 1. The lowest BCUT2D eigenvalue weighted by Gasteiger charge is -2.31. The fourth-order valence-electron chi connectivity index (χ4n) is 3.18. The number of aromatic nitrogens is 2.